The van der Waals surface area contributed by atoms with Crippen LogP contribution in [0.5, 0.6) is 0 Å². The van der Waals surface area contributed by atoms with Gasteiger partial charge in [0.25, 0.3) is 5.56 Å². The molecule has 14 heteroatoms. The molecule has 0 unspecified atom stereocenters. The van der Waals surface area contributed by atoms with Gasteiger partial charge < -0.3 is 10.1 Å². The van der Waals surface area contributed by atoms with Crippen molar-refractivity contribution in [3.05, 3.63) is 86.1 Å². The zero-order valence-corrected chi connectivity index (χ0v) is 24.8. The van der Waals surface area contributed by atoms with E-state index in [-0.39, 0.29) is 22.3 Å². The molecule has 43 heavy (non-hydrogen) atoms. The molecule has 11 nitrogen and oxygen atoms in total. The summed E-state index contributed by atoms with van der Waals surface area (Å²) in [5.41, 5.74) is 1.99. The lowest BCUT2D eigenvalue weighted by Crippen LogP contribution is -2.41. The van der Waals surface area contributed by atoms with E-state index in [1.165, 1.54) is 20.1 Å². The Labute approximate surface area is 249 Å². The van der Waals surface area contributed by atoms with Gasteiger partial charge in [-0.3, -0.25) is 28.5 Å². The van der Waals surface area contributed by atoms with Crippen LogP contribution in [0.2, 0.25) is 0 Å². The molecule has 4 rings (SSSR count). The number of benzene rings is 2. The SMILES string of the molecule is COCCN(C)Cc1c(-c2ccc(NC(=O)NOC)cc2)sc2c1c(=O)n(CC(C)=O)c(=O)n2Cc1c(F)cccc1F. The normalized spacial score (nSPS) is 11.3. The van der Waals surface area contributed by atoms with Gasteiger partial charge in [-0.05, 0) is 49.4 Å². The number of halogens is 2. The first-order valence-corrected chi connectivity index (χ1v) is 14.0. The van der Waals surface area contributed by atoms with Crippen LogP contribution >= 0.6 is 11.3 Å². The second-order valence-corrected chi connectivity index (χ2v) is 10.8. The smallest absolute Gasteiger partial charge is 0.343 e. The highest BCUT2D eigenvalue weighted by Crippen LogP contribution is 2.38. The summed E-state index contributed by atoms with van der Waals surface area (Å²) < 4.78 is 36.6. The summed E-state index contributed by atoms with van der Waals surface area (Å²) in [6, 6.07) is 9.60. The zero-order valence-electron chi connectivity index (χ0n) is 24.0. The van der Waals surface area contributed by atoms with Crippen molar-refractivity contribution in [3.8, 4) is 10.4 Å². The highest BCUT2D eigenvalue weighted by atomic mass is 32.1. The number of rotatable bonds is 12. The molecule has 2 aromatic heterocycles. The fourth-order valence-electron chi connectivity index (χ4n) is 4.59. The lowest BCUT2D eigenvalue weighted by atomic mass is 10.1. The van der Waals surface area contributed by atoms with Crippen molar-refractivity contribution in [2.75, 3.05) is 39.7 Å². The number of hydroxylamine groups is 1. The molecular formula is C29H31F2N5O6S. The van der Waals surface area contributed by atoms with Crippen LogP contribution in [0.15, 0.2) is 52.1 Å². The molecule has 0 atom stereocenters. The number of ketones is 1. The Morgan fingerprint density at radius 3 is 2.28 bits per heavy atom. The number of hydrogen-bond donors (Lipinski definition) is 2. The molecule has 2 amide bonds. The van der Waals surface area contributed by atoms with Crippen LogP contribution < -0.4 is 22.0 Å². The molecule has 2 aromatic carbocycles. The van der Waals surface area contributed by atoms with Crippen LogP contribution in [0.25, 0.3) is 20.7 Å². The first kappa shape index (κ1) is 31.7. The van der Waals surface area contributed by atoms with Gasteiger partial charge in [-0.1, -0.05) is 18.2 Å². The van der Waals surface area contributed by atoms with Crippen LogP contribution in [0.1, 0.15) is 18.1 Å². The van der Waals surface area contributed by atoms with E-state index in [2.05, 4.69) is 15.6 Å². The molecule has 0 radical (unpaired) electrons. The minimum atomic E-state index is -0.855. The van der Waals surface area contributed by atoms with E-state index in [1.54, 1.807) is 31.4 Å². The maximum absolute atomic E-state index is 14.7. The highest BCUT2D eigenvalue weighted by molar-refractivity contribution is 7.22. The molecule has 0 saturated carbocycles. The average molecular weight is 616 g/mol. The van der Waals surface area contributed by atoms with E-state index in [9.17, 15) is 28.0 Å². The summed E-state index contributed by atoms with van der Waals surface area (Å²) in [4.78, 5) is 58.8. The third-order valence-corrected chi connectivity index (χ3v) is 7.92. The Bertz CT molecular complexity index is 1750. The molecule has 0 fully saturated rings. The number of carbonyl (C=O) groups excluding carboxylic acids is 2. The third kappa shape index (κ3) is 7.05. The quantitative estimate of drug-likeness (QED) is 0.234. The fraction of sp³-hybridized carbons (Fsp3) is 0.310. The average Bonchev–Trinajstić information content (AvgIpc) is 3.32. The number of fused-ring (bicyclic) bond motifs is 1. The number of methoxy groups -OCH3 is 1. The maximum atomic E-state index is 14.7. The summed E-state index contributed by atoms with van der Waals surface area (Å²) in [5.74, 6) is -2.13. The lowest BCUT2D eigenvalue weighted by Gasteiger charge is -2.17. The van der Waals surface area contributed by atoms with Crippen molar-refractivity contribution in [3.63, 3.8) is 0 Å². The van der Waals surface area contributed by atoms with Gasteiger partial charge in [-0.25, -0.2) is 23.9 Å². The number of nitrogens with one attached hydrogen (secondary N) is 2. The van der Waals surface area contributed by atoms with E-state index in [0.717, 1.165) is 32.6 Å². The summed E-state index contributed by atoms with van der Waals surface area (Å²) in [6.45, 7) is 1.45. The predicted octanol–water partition coefficient (Wildman–Crippen LogP) is 3.57. The van der Waals surface area contributed by atoms with Crippen molar-refractivity contribution < 1.29 is 27.9 Å². The van der Waals surface area contributed by atoms with Crippen LogP contribution in [0.3, 0.4) is 0 Å². The van der Waals surface area contributed by atoms with Crippen molar-refractivity contribution in [2.24, 2.45) is 0 Å². The number of urea groups is 1. The number of carbonyl (C=O) groups is 2. The largest absolute Gasteiger partial charge is 0.383 e. The van der Waals surface area contributed by atoms with Gasteiger partial charge in [0.1, 0.15) is 22.2 Å². The molecule has 0 bridgehead atoms. The van der Waals surface area contributed by atoms with E-state index < -0.39 is 47.8 Å². The Morgan fingerprint density at radius 2 is 1.67 bits per heavy atom. The van der Waals surface area contributed by atoms with Crippen molar-refractivity contribution in [2.45, 2.75) is 26.6 Å². The molecule has 0 aliphatic rings. The Kier molecular flexibility index (Phi) is 10.2. The highest BCUT2D eigenvalue weighted by Gasteiger charge is 2.25. The molecule has 0 saturated heterocycles. The number of thiophene rings is 1. The Hall–Kier alpha value is -4.24. The summed E-state index contributed by atoms with van der Waals surface area (Å²) in [5, 5.41) is 2.78. The lowest BCUT2D eigenvalue weighted by molar-refractivity contribution is -0.117. The Balaban J connectivity index is 1.98. The predicted molar refractivity (Wildman–Crippen MR) is 159 cm³/mol. The van der Waals surface area contributed by atoms with Crippen molar-refractivity contribution in [1.82, 2.24) is 19.5 Å². The second kappa shape index (κ2) is 13.8. The number of amides is 2. The topological polar surface area (TPSA) is 124 Å². The minimum absolute atomic E-state index is 0.170. The van der Waals surface area contributed by atoms with Crippen LogP contribution in [-0.2, 0) is 34.0 Å². The number of aromatic nitrogens is 2. The van der Waals surface area contributed by atoms with Crippen LogP contribution in [-0.4, -0.2) is 60.3 Å². The molecular weight excluding hydrogens is 584 g/mol. The molecule has 2 heterocycles. The summed E-state index contributed by atoms with van der Waals surface area (Å²) >= 11 is 1.13. The molecule has 4 aromatic rings. The molecule has 228 valence electrons. The molecule has 0 aliphatic carbocycles. The third-order valence-electron chi connectivity index (χ3n) is 6.62. The van der Waals surface area contributed by atoms with Gasteiger partial charge in [0, 0.05) is 36.3 Å². The number of nitrogens with zero attached hydrogens (tertiary/aromatic N) is 3. The van der Waals surface area contributed by atoms with Gasteiger partial charge in [0.2, 0.25) is 0 Å². The molecule has 2 N–H and O–H groups in total. The van der Waals surface area contributed by atoms with Crippen molar-refractivity contribution in [1.29, 1.82) is 0 Å². The van der Waals surface area contributed by atoms with Gasteiger partial charge in [0.05, 0.1) is 32.2 Å². The van der Waals surface area contributed by atoms with Gasteiger partial charge in [-0.2, -0.15) is 0 Å². The number of ether oxygens (including phenoxy) is 1. The first-order chi connectivity index (χ1) is 20.5. The number of Topliss-reactive ketones (excluding diaryl/α,β-unsaturated/α-hetero) is 1. The first-order valence-electron chi connectivity index (χ1n) is 13.1. The van der Waals surface area contributed by atoms with Gasteiger partial charge in [0.15, 0.2) is 0 Å². The summed E-state index contributed by atoms with van der Waals surface area (Å²) in [7, 11) is 4.72. The Morgan fingerprint density at radius 1 is 1.00 bits per heavy atom. The molecule has 0 aliphatic heterocycles. The minimum Gasteiger partial charge on any atom is -0.383 e. The van der Waals surface area contributed by atoms with E-state index in [1.807, 2.05) is 11.9 Å². The number of likely N-dealkylation sites (N-methyl/N-ethyl adjacent to an activating group) is 1. The zero-order chi connectivity index (χ0) is 31.3. The summed E-state index contributed by atoms with van der Waals surface area (Å²) in [6.07, 6.45) is 0. The van der Waals surface area contributed by atoms with Crippen LogP contribution in [0, 0.1) is 11.6 Å². The second-order valence-electron chi connectivity index (χ2n) is 9.82. The maximum Gasteiger partial charge on any atom is 0.343 e. The van der Waals surface area contributed by atoms with E-state index in [0.29, 0.717) is 34.8 Å². The fourth-order valence-corrected chi connectivity index (χ4v) is 5.90. The van der Waals surface area contributed by atoms with Crippen LogP contribution in [0.4, 0.5) is 19.3 Å². The van der Waals surface area contributed by atoms with E-state index >= 15 is 0 Å². The number of anilines is 1. The molecule has 0 spiro atoms. The van der Waals surface area contributed by atoms with Crippen molar-refractivity contribution >= 4 is 39.1 Å². The number of hydrogen-bond acceptors (Lipinski definition) is 8. The monoisotopic (exact) mass is 615 g/mol. The standard InChI is InChI=1S/C29H31F2N5O6S/c1-17(37)14-35-26(38)24-21(15-34(2)12-13-41-3)25(18-8-10-19(11-9-18)32-28(39)33-42-4)43-27(24)36(29(35)40)16-20-22(30)6-5-7-23(20)31/h5-11H,12-16H2,1-4H3,(H2,32,33,39). The van der Waals surface area contributed by atoms with Gasteiger partial charge >= 0.3 is 11.7 Å². The van der Waals surface area contributed by atoms with Gasteiger partial charge in [-0.15, -0.1) is 11.3 Å². The van der Waals surface area contributed by atoms with E-state index in [4.69, 9.17) is 4.74 Å².